The largest absolute Gasteiger partial charge is 0.366 e. The van der Waals surface area contributed by atoms with Gasteiger partial charge in [-0.3, -0.25) is 9.59 Å². The van der Waals surface area contributed by atoms with Crippen molar-refractivity contribution < 1.29 is 14.0 Å². The van der Waals surface area contributed by atoms with E-state index in [2.05, 4.69) is 9.88 Å². The zero-order valence-corrected chi connectivity index (χ0v) is 15.7. The first-order valence-corrected chi connectivity index (χ1v) is 9.13. The molecular formula is C21H23FN4O2. The standard InChI is InChI=1S/C15H11N3O2.C6H12FN/c16-14(20)11-1-3-13(4-2-11)18-6-5-12-7-10(9-19)8-17-15(12)18;1-8-4-2-6(7)3-5-8/h1-9H,(H2,16,20);6H,2-5H2,1H3. The highest BCUT2D eigenvalue weighted by molar-refractivity contribution is 5.93. The smallest absolute Gasteiger partial charge is 0.248 e. The number of aromatic nitrogens is 2. The van der Waals surface area contributed by atoms with Gasteiger partial charge in [0, 0.05) is 47.7 Å². The molecule has 1 saturated heterocycles. The third-order valence-corrected chi connectivity index (χ3v) is 4.76. The summed E-state index contributed by atoms with van der Waals surface area (Å²) >= 11 is 0. The SMILES string of the molecule is CN1CCC(F)CC1.NC(=O)c1ccc(-n2ccc3cc(C=O)cnc32)cc1. The van der Waals surface area contributed by atoms with Crippen LogP contribution in [0.15, 0.2) is 48.8 Å². The van der Waals surface area contributed by atoms with Crippen molar-refractivity contribution in [3.8, 4) is 5.69 Å². The molecule has 0 radical (unpaired) electrons. The Labute approximate surface area is 162 Å². The minimum atomic E-state index is -0.522. The van der Waals surface area contributed by atoms with Crippen molar-refractivity contribution in [1.82, 2.24) is 14.5 Å². The van der Waals surface area contributed by atoms with Gasteiger partial charge in [0.05, 0.1) is 0 Å². The summed E-state index contributed by atoms with van der Waals surface area (Å²) in [5.41, 5.74) is 7.84. The van der Waals surface area contributed by atoms with E-state index in [1.54, 1.807) is 30.3 Å². The van der Waals surface area contributed by atoms with Crippen molar-refractivity contribution >= 4 is 23.2 Å². The van der Waals surface area contributed by atoms with Crippen LogP contribution in [0.2, 0.25) is 0 Å². The molecule has 1 amide bonds. The summed E-state index contributed by atoms with van der Waals surface area (Å²) in [4.78, 5) is 28.2. The normalized spacial score (nSPS) is 15.1. The molecule has 1 aliphatic rings. The zero-order valence-electron chi connectivity index (χ0n) is 15.7. The Balaban J connectivity index is 0.000000236. The number of carbonyl (C=O) groups excluding carboxylic acids is 2. The zero-order chi connectivity index (χ0) is 20.1. The fraction of sp³-hybridized carbons (Fsp3) is 0.286. The van der Waals surface area contributed by atoms with Gasteiger partial charge in [-0.1, -0.05) is 0 Å². The fourth-order valence-electron chi connectivity index (χ4n) is 3.08. The van der Waals surface area contributed by atoms with E-state index in [9.17, 15) is 14.0 Å². The van der Waals surface area contributed by atoms with Gasteiger partial charge in [0.2, 0.25) is 5.91 Å². The molecule has 0 spiro atoms. The molecule has 2 aromatic heterocycles. The number of hydrogen-bond donors (Lipinski definition) is 1. The van der Waals surface area contributed by atoms with Gasteiger partial charge in [0.25, 0.3) is 0 Å². The Morgan fingerprint density at radius 1 is 1.21 bits per heavy atom. The van der Waals surface area contributed by atoms with Crippen LogP contribution in [-0.2, 0) is 0 Å². The number of carbonyl (C=O) groups is 2. The van der Waals surface area contributed by atoms with E-state index in [1.807, 2.05) is 23.9 Å². The molecule has 0 saturated carbocycles. The molecule has 1 aliphatic heterocycles. The average Bonchev–Trinajstić information content (AvgIpc) is 3.14. The van der Waals surface area contributed by atoms with Crippen LogP contribution in [0.3, 0.4) is 0 Å². The van der Waals surface area contributed by atoms with E-state index in [0.29, 0.717) is 11.1 Å². The van der Waals surface area contributed by atoms with Gasteiger partial charge < -0.3 is 15.2 Å². The van der Waals surface area contributed by atoms with E-state index in [4.69, 9.17) is 5.73 Å². The lowest BCUT2D eigenvalue weighted by Crippen LogP contribution is -2.30. The Morgan fingerprint density at radius 3 is 2.46 bits per heavy atom. The second kappa shape index (κ2) is 8.75. The molecule has 3 heterocycles. The quantitative estimate of drug-likeness (QED) is 0.706. The van der Waals surface area contributed by atoms with Crippen LogP contribution in [0.1, 0.15) is 33.6 Å². The number of fused-ring (bicyclic) bond motifs is 1. The first-order valence-electron chi connectivity index (χ1n) is 9.13. The number of rotatable bonds is 3. The van der Waals surface area contributed by atoms with E-state index >= 15 is 0 Å². The maximum absolute atomic E-state index is 12.3. The van der Waals surface area contributed by atoms with Crippen molar-refractivity contribution in [2.75, 3.05) is 20.1 Å². The monoisotopic (exact) mass is 382 g/mol. The molecule has 0 atom stereocenters. The lowest BCUT2D eigenvalue weighted by atomic mass is 10.1. The number of benzene rings is 1. The molecule has 4 rings (SSSR count). The highest BCUT2D eigenvalue weighted by Crippen LogP contribution is 2.19. The molecule has 1 fully saturated rings. The maximum atomic E-state index is 12.3. The lowest BCUT2D eigenvalue weighted by molar-refractivity contribution is 0.1000. The van der Waals surface area contributed by atoms with Crippen LogP contribution >= 0.6 is 0 Å². The van der Waals surface area contributed by atoms with E-state index < -0.39 is 12.1 Å². The molecule has 0 bridgehead atoms. The number of alkyl halides is 1. The minimum absolute atomic E-state index is 0.456. The van der Waals surface area contributed by atoms with Crippen LogP contribution < -0.4 is 5.73 Å². The summed E-state index contributed by atoms with van der Waals surface area (Å²) in [5.74, 6) is -0.456. The van der Waals surface area contributed by atoms with Gasteiger partial charge in [-0.05, 0) is 56.3 Å². The molecule has 28 heavy (non-hydrogen) atoms. The predicted molar refractivity (Wildman–Crippen MR) is 107 cm³/mol. The van der Waals surface area contributed by atoms with Gasteiger partial charge in [-0.2, -0.15) is 0 Å². The van der Waals surface area contributed by atoms with Gasteiger partial charge in [-0.15, -0.1) is 0 Å². The Morgan fingerprint density at radius 2 is 1.89 bits per heavy atom. The third-order valence-electron chi connectivity index (χ3n) is 4.76. The number of amides is 1. The maximum Gasteiger partial charge on any atom is 0.248 e. The van der Waals surface area contributed by atoms with Gasteiger partial charge in [0.15, 0.2) is 6.29 Å². The Bertz CT molecular complexity index is 950. The first-order chi connectivity index (χ1) is 13.5. The van der Waals surface area contributed by atoms with Crippen molar-refractivity contribution in [2.45, 2.75) is 19.0 Å². The average molecular weight is 382 g/mol. The van der Waals surface area contributed by atoms with Crippen LogP contribution in [0.4, 0.5) is 4.39 Å². The molecule has 0 aliphatic carbocycles. The number of likely N-dealkylation sites (tertiary alicyclic amines) is 1. The van der Waals surface area contributed by atoms with E-state index in [0.717, 1.165) is 48.9 Å². The molecule has 2 N–H and O–H groups in total. The molecule has 0 unspecified atom stereocenters. The third kappa shape index (κ3) is 4.61. The Kier molecular flexibility index (Phi) is 6.16. The topological polar surface area (TPSA) is 81.2 Å². The first kappa shape index (κ1) is 19.7. The number of piperidine rings is 1. The summed E-state index contributed by atoms with van der Waals surface area (Å²) in [6, 6.07) is 10.6. The molecular weight excluding hydrogens is 359 g/mol. The summed E-state index contributed by atoms with van der Waals surface area (Å²) in [5, 5.41) is 0.883. The number of aldehydes is 1. The second-order valence-electron chi connectivity index (χ2n) is 6.87. The Hall–Kier alpha value is -3.06. The second-order valence-corrected chi connectivity index (χ2v) is 6.87. The number of primary amides is 1. The number of halogens is 1. The van der Waals surface area contributed by atoms with E-state index in [-0.39, 0.29) is 0 Å². The molecule has 1 aromatic carbocycles. The van der Waals surface area contributed by atoms with Gasteiger partial charge in [0.1, 0.15) is 11.8 Å². The highest BCUT2D eigenvalue weighted by atomic mass is 19.1. The number of hydrogen-bond acceptors (Lipinski definition) is 4. The minimum Gasteiger partial charge on any atom is -0.366 e. The highest BCUT2D eigenvalue weighted by Gasteiger charge is 2.14. The predicted octanol–water partition coefficient (Wildman–Crippen LogP) is 2.99. The molecule has 7 heteroatoms. The van der Waals surface area contributed by atoms with Crippen molar-refractivity contribution in [3.63, 3.8) is 0 Å². The van der Waals surface area contributed by atoms with Gasteiger partial charge >= 0.3 is 0 Å². The molecule has 3 aromatic rings. The summed E-state index contributed by atoms with van der Waals surface area (Å²) in [6.07, 6.45) is 5.11. The van der Waals surface area contributed by atoms with Crippen molar-refractivity contribution in [2.24, 2.45) is 5.73 Å². The summed E-state index contributed by atoms with van der Waals surface area (Å²) < 4.78 is 14.2. The van der Waals surface area contributed by atoms with Crippen LogP contribution in [0.5, 0.6) is 0 Å². The van der Waals surface area contributed by atoms with Gasteiger partial charge in [-0.25, -0.2) is 9.37 Å². The number of nitrogens with zero attached hydrogens (tertiary/aromatic N) is 3. The van der Waals surface area contributed by atoms with Crippen LogP contribution in [0.25, 0.3) is 16.7 Å². The number of nitrogens with two attached hydrogens (primary N) is 1. The lowest BCUT2D eigenvalue weighted by Gasteiger charge is -2.23. The molecule has 146 valence electrons. The summed E-state index contributed by atoms with van der Waals surface area (Å²) in [6.45, 7) is 1.86. The van der Waals surface area contributed by atoms with Crippen LogP contribution in [0, 0.1) is 0 Å². The number of pyridine rings is 1. The van der Waals surface area contributed by atoms with E-state index in [1.165, 1.54) is 6.20 Å². The molecule has 6 nitrogen and oxygen atoms in total. The summed E-state index contributed by atoms with van der Waals surface area (Å²) in [7, 11) is 2.03. The van der Waals surface area contributed by atoms with Crippen molar-refractivity contribution in [3.05, 3.63) is 59.9 Å². The van der Waals surface area contributed by atoms with Crippen molar-refractivity contribution in [1.29, 1.82) is 0 Å². The fourth-order valence-corrected chi connectivity index (χ4v) is 3.08. The van der Waals surface area contributed by atoms with Crippen LogP contribution in [-0.4, -0.2) is 53.0 Å².